The number of aromatic hydroxyl groups is 1. The maximum Gasteiger partial charge on any atom is 0.573 e. The van der Waals surface area contributed by atoms with E-state index in [2.05, 4.69) is 14.8 Å². The zero-order valence-electron chi connectivity index (χ0n) is 12.8. The van der Waals surface area contributed by atoms with E-state index < -0.39 is 29.7 Å². The second-order valence-corrected chi connectivity index (χ2v) is 4.75. The van der Waals surface area contributed by atoms with Crippen molar-refractivity contribution in [2.75, 3.05) is 12.4 Å². The van der Waals surface area contributed by atoms with E-state index in [0.29, 0.717) is 0 Å². The van der Waals surface area contributed by atoms with E-state index in [-0.39, 0.29) is 16.8 Å². The molecular weight excluding hydrogens is 343 g/mol. The minimum Gasteiger partial charge on any atom is -0.506 e. The summed E-state index contributed by atoms with van der Waals surface area (Å²) in [4.78, 5) is 23.5. The van der Waals surface area contributed by atoms with Crippen LogP contribution in [0, 0.1) is 0 Å². The normalized spacial score (nSPS) is 10.9. The molecule has 0 heterocycles. The molecule has 0 saturated heterocycles. The lowest BCUT2D eigenvalue weighted by Crippen LogP contribution is -2.18. The fourth-order valence-electron chi connectivity index (χ4n) is 1.91. The van der Waals surface area contributed by atoms with E-state index >= 15 is 0 Å². The van der Waals surface area contributed by atoms with Crippen LogP contribution in [0.3, 0.4) is 0 Å². The van der Waals surface area contributed by atoms with Gasteiger partial charge in [0.1, 0.15) is 11.5 Å². The molecule has 2 aromatic carbocycles. The van der Waals surface area contributed by atoms with Crippen LogP contribution in [-0.4, -0.2) is 30.5 Å². The van der Waals surface area contributed by atoms with Crippen LogP contribution in [0.1, 0.15) is 20.7 Å². The van der Waals surface area contributed by atoms with Crippen molar-refractivity contribution >= 4 is 17.6 Å². The van der Waals surface area contributed by atoms with Crippen molar-refractivity contribution in [3.8, 4) is 11.5 Å². The molecule has 2 aromatic rings. The number of alkyl halides is 3. The minimum atomic E-state index is -4.88. The highest BCUT2D eigenvalue weighted by atomic mass is 19.4. The Balaban J connectivity index is 2.17. The van der Waals surface area contributed by atoms with E-state index in [4.69, 9.17) is 0 Å². The molecule has 0 radical (unpaired) electrons. The summed E-state index contributed by atoms with van der Waals surface area (Å²) in [6, 6.07) is 8.11. The van der Waals surface area contributed by atoms with Gasteiger partial charge in [-0.15, -0.1) is 13.2 Å². The molecule has 9 heteroatoms. The Labute approximate surface area is 139 Å². The highest BCUT2D eigenvalue weighted by molar-refractivity contribution is 6.05. The van der Waals surface area contributed by atoms with Gasteiger partial charge in [-0.25, -0.2) is 4.79 Å². The molecule has 6 nitrogen and oxygen atoms in total. The smallest absolute Gasteiger partial charge is 0.506 e. The third-order valence-corrected chi connectivity index (χ3v) is 3.00. The van der Waals surface area contributed by atoms with Gasteiger partial charge in [0.25, 0.3) is 5.91 Å². The predicted molar refractivity (Wildman–Crippen MR) is 80.5 cm³/mol. The number of hydrogen-bond donors (Lipinski definition) is 2. The van der Waals surface area contributed by atoms with Crippen molar-refractivity contribution in [1.82, 2.24) is 0 Å². The van der Waals surface area contributed by atoms with Gasteiger partial charge in [0, 0.05) is 5.56 Å². The summed E-state index contributed by atoms with van der Waals surface area (Å²) in [5.74, 6) is -2.40. The molecule has 0 bridgehead atoms. The zero-order valence-corrected chi connectivity index (χ0v) is 12.8. The maximum absolute atomic E-state index is 12.2. The SMILES string of the molecule is COC(=O)c1ccc(NC(=O)c2cccc(OC(F)(F)F)c2)c(O)c1. The number of carbonyl (C=O) groups excluding carboxylic acids is 2. The summed E-state index contributed by atoms with van der Waals surface area (Å²) in [5, 5.41) is 12.2. The van der Waals surface area contributed by atoms with Gasteiger partial charge in [0.05, 0.1) is 18.4 Å². The van der Waals surface area contributed by atoms with Crippen LogP contribution in [0.4, 0.5) is 18.9 Å². The third kappa shape index (κ3) is 4.87. The summed E-state index contributed by atoms with van der Waals surface area (Å²) >= 11 is 0. The van der Waals surface area contributed by atoms with Gasteiger partial charge in [-0.05, 0) is 36.4 Å². The van der Waals surface area contributed by atoms with E-state index in [0.717, 1.165) is 18.2 Å². The van der Waals surface area contributed by atoms with Gasteiger partial charge >= 0.3 is 12.3 Å². The van der Waals surface area contributed by atoms with Gasteiger partial charge in [0.2, 0.25) is 0 Å². The second-order valence-electron chi connectivity index (χ2n) is 4.75. The molecule has 2 N–H and O–H groups in total. The standard InChI is InChI=1S/C16H12F3NO5/c1-24-15(23)10-5-6-12(13(21)8-10)20-14(22)9-3-2-4-11(7-9)25-16(17,18)19/h2-8,21H,1H3,(H,20,22). The minimum absolute atomic E-state index is 0.0280. The topological polar surface area (TPSA) is 84.9 Å². The van der Waals surface area contributed by atoms with Crippen LogP contribution in [0.5, 0.6) is 11.5 Å². The quantitative estimate of drug-likeness (QED) is 0.649. The number of rotatable bonds is 4. The monoisotopic (exact) mass is 355 g/mol. The van der Waals surface area contributed by atoms with Crippen LogP contribution in [0.2, 0.25) is 0 Å². The number of halogens is 3. The molecule has 0 unspecified atom stereocenters. The first-order chi connectivity index (χ1) is 11.7. The summed E-state index contributed by atoms with van der Waals surface area (Å²) in [6.07, 6.45) is -4.88. The first-order valence-electron chi connectivity index (χ1n) is 6.78. The molecule has 0 spiro atoms. The van der Waals surface area contributed by atoms with Gasteiger partial charge in [0.15, 0.2) is 0 Å². The molecule has 0 aliphatic carbocycles. The van der Waals surface area contributed by atoms with Crippen molar-refractivity contribution < 1.29 is 37.3 Å². The lowest BCUT2D eigenvalue weighted by Gasteiger charge is -2.11. The number of phenols is 1. The highest BCUT2D eigenvalue weighted by Gasteiger charge is 2.31. The Morgan fingerprint density at radius 1 is 1.08 bits per heavy atom. The zero-order chi connectivity index (χ0) is 18.6. The summed E-state index contributed by atoms with van der Waals surface area (Å²) < 4.78 is 44.9. The van der Waals surface area contributed by atoms with E-state index in [1.165, 1.54) is 31.4 Å². The number of ether oxygens (including phenoxy) is 2. The summed E-state index contributed by atoms with van der Waals surface area (Å²) in [5.41, 5.74) is -0.0726. The summed E-state index contributed by atoms with van der Waals surface area (Å²) in [7, 11) is 1.17. The Morgan fingerprint density at radius 3 is 2.40 bits per heavy atom. The average molecular weight is 355 g/mol. The van der Waals surface area contributed by atoms with Gasteiger partial charge in [-0.3, -0.25) is 4.79 Å². The van der Waals surface area contributed by atoms with Gasteiger partial charge < -0.3 is 19.9 Å². The van der Waals surface area contributed by atoms with Gasteiger partial charge in [-0.1, -0.05) is 6.07 Å². The van der Waals surface area contributed by atoms with Crippen LogP contribution < -0.4 is 10.1 Å². The van der Waals surface area contributed by atoms with Crippen molar-refractivity contribution in [3.05, 3.63) is 53.6 Å². The van der Waals surface area contributed by atoms with Crippen LogP contribution in [-0.2, 0) is 4.74 Å². The number of hydrogen-bond acceptors (Lipinski definition) is 5. The fourth-order valence-corrected chi connectivity index (χ4v) is 1.91. The van der Waals surface area contributed by atoms with Crippen molar-refractivity contribution in [2.45, 2.75) is 6.36 Å². The Morgan fingerprint density at radius 2 is 1.80 bits per heavy atom. The number of phenolic OH excluding ortho intramolecular Hbond substituents is 1. The van der Waals surface area contributed by atoms with Crippen LogP contribution in [0.25, 0.3) is 0 Å². The number of nitrogens with one attached hydrogen (secondary N) is 1. The molecule has 1 amide bonds. The molecule has 0 fully saturated rings. The van der Waals surface area contributed by atoms with Crippen molar-refractivity contribution in [1.29, 1.82) is 0 Å². The molecule has 2 rings (SSSR count). The Kier molecular flexibility index (Phi) is 5.16. The lowest BCUT2D eigenvalue weighted by atomic mass is 10.1. The number of benzene rings is 2. The van der Waals surface area contributed by atoms with Gasteiger partial charge in [-0.2, -0.15) is 0 Å². The van der Waals surface area contributed by atoms with E-state index in [1.807, 2.05) is 0 Å². The first-order valence-corrected chi connectivity index (χ1v) is 6.78. The van der Waals surface area contributed by atoms with Crippen LogP contribution >= 0.6 is 0 Å². The number of carbonyl (C=O) groups is 2. The highest BCUT2D eigenvalue weighted by Crippen LogP contribution is 2.27. The number of amides is 1. The number of esters is 1. The second kappa shape index (κ2) is 7.12. The molecule has 0 saturated carbocycles. The molecule has 0 aromatic heterocycles. The molecule has 0 aliphatic rings. The lowest BCUT2D eigenvalue weighted by molar-refractivity contribution is -0.274. The predicted octanol–water partition coefficient (Wildman–Crippen LogP) is 3.33. The largest absolute Gasteiger partial charge is 0.573 e. The fraction of sp³-hybridized carbons (Fsp3) is 0.125. The summed E-state index contributed by atoms with van der Waals surface area (Å²) in [6.45, 7) is 0. The van der Waals surface area contributed by atoms with E-state index in [1.54, 1.807) is 0 Å². The van der Waals surface area contributed by atoms with E-state index in [9.17, 15) is 27.9 Å². The Hall–Kier alpha value is -3.23. The first kappa shape index (κ1) is 18.1. The Bertz CT molecular complexity index is 805. The maximum atomic E-state index is 12.2. The third-order valence-electron chi connectivity index (χ3n) is 3.00. The molecular formula is C16H12F3NO5. The number of anilines is 1. The number of methoxy groups -OCH3 is 1. The molecule has 0 aliphatic heterocycles. The molecule has 0 atom stereocenters. The van der Waals surface area contributed by atoms with Crippen molar-refractivity contribution in [2.24, 2.45) is 0 Å². The van der Waals surface area contributed by atoms with Crippen molar-refractivity contribution in [3.63, 3.8) is 0 Å². The average Bonchev–Trinajstić information content (AvgIpc) is 2.54. The van der Waals surface area contributed by atoms with Crippen LogP contribution in [0.15, 0.2) is 42.5 Å². The molecule has 132 valence electrons. The molecule has 25 heavy (non-hydrogen) atoms.